The molecular formula is C23H28ClN3O4. The van der Waals surface area contributed by atoms with Crippen LogP contribution in [0.4, 0.5) is 0 Å². The molecule has 1 aromatic heterocycles. The number of carbonyl (C=O) groups excluding carboxylic acids is 1. The van der Waals surface area contributed by atoms with Crippen LogP contribution in [0.1, 0.15) is 34.7 Å². The third kappa shape index (κ3) is 6.55. The largest absolute Gasteiger partial charge is 0.497 e. The minimum atomic E-state index is -0.731. The molecule has 0 radical (unpaired) electrons. The Hall–Kier alpha value is -2.87. The molecule has 31 heavy (non-hydrogen) atoms. The van der Waals surface area contributed by atoms with Gasteiger partial charge in [-0.3, -0.25) is 4.79 Å². The molecule has 0 saturated carbocycles. The number of rotatable bonds is 10. The first-order valence-corrected chi connectivity index (χ1v) is 9.74. The molecule has 2 unspecified atom stereocenters. The van der Waals surface area contributed by atoms with E-state index in [1.807, 2.05) is 42.1 Å². The normalized spacial score (nSPS) is 12.5. The summed E-state index contributed by atoms with van der Waals surface area (Å²) in [7, 11) is 3.56. The summed E-state index contributed by atoms with van der Waals surface area (Å²) in [5.74, 6) is 2.19. The van der Waals surface area contributed by atoms with Gasteiger partial charge in [0, 0.05) is 31.5 Å². The van der Waals surface area contributed by atoms with Crippen molar-refractivity contribution in [2.75, 3.05) is 20.3 Å². The highest BCUT2D eigenvalue weighted by molar-refractivity contribution is 5.94. The minimum Gasteiger partial charge on any atom is -0.497 e. The molecule has 2 aromatic carbocycles. The van der Waals surface area contributed by atoms with Gasteiger partial charge in [-0.25, -0.2) is 4.98 Å². The molecule has 0 aliphatic heterocycles. The average Bonchev–Trinajstić information content (AvgIpc) is 3.18. The number of hydrogen-bond donors (Lipinski definition) is 2. The second-order valence-corrected chi connectivity index (χ2v) is 7.06. The van der Waals surface area contributed by atoms with Gasteiger partial charge in [0.2, 0.25) is 0 Å². The second-order valence-electron chi connectivity index (χ2n) is 7.06. The monoisotopic (exact) mass is 445 g/mol. The van der Waals surface area contributed by atoms with E-state index in [1.165, 1.54) is 6.92 Å². The van der Waals surface area contributed by atoms with Gasteiger partial charge in [-0.2, -0.15) is 0 Å². The van der Waals surface area contributed by atoms with Crippen molar-refractivity contribution >= 4 is 18.2 Å². The lowest BCUT2D eigenvalue weighted by molar-refractivity contribution is 0.101. The molecule has 8 heteroatoms. The minimum absolute atomic E-state index is 0. The predicted octanol–water partition coefficient (Wildman–Crippen LogP) is 3.17. The maximum Gasteiger partial charge on any atom is 0.159 e. The number of ketones is 1. The summed E-state index contributed by atoms with van der Waals surface area (Å²) >= 11 is 0. The first kappa shape index (κ1) is 24.4. The number of methoxy groups -OCH3 is 1. The van der Waals surface area contributed by atoms with E-state index in [2.05, 4.69) is 10.3 Å². The zero-order chi connectivity index (χ0) is 21.5. The Bertz CT molecular complexity index is 975. The number of nitrogens with zero attached hydrogens (tertiary/aromatic N) is 2. The fourth-order valence-corrected chi connectivity index (χ4v) is 3.13. The van der Waals surface area contributed by atoms with Crippen molar-refractivity contribution in [3.8, 4) is 11.5 Å². The third-order valence-corrected chi connectivity index (χ3v) is 4.80. The van der Waals surface area contributed by atoms with Gasteiger partial charge in [-0.05, 0) is 48.9 Å². The molecule has 7 nitrogen and oxygen atoms in total. The Morgan fingerprint density at radius 1 is 1.19 bits per heavy atom. The summed E-state index contributed by atoms with van der Waals surface area (Å²) in [4.78, 5) is 15.8. The number of aryl methyl sites for hydroxylation is 1. The van der Waals surface area contributed by atoms with E-state index in [9.17, 15) is 9.90 Å². The molecule has 0 aliphatic carbocycles. The van der Waals surface area contributed by atoms with Crippen LogP contribution in [0.15, 0.2) is 60.9 Å². The Kier molecular flexibility index (Phi) is 9.05. The first-order valence-electron chi connectivity index (χ1n) is 9.74. The molecule has 0 amide bonds. The van der Waals surface area contributed by atoms with Gasteiger partial charge < -0.3 is 24.5 Å². The zero-order valence-electron chi connectivity index (χ0n) is 17.8. The van der Waals surface area contributed by atoms with Gasteiger partial charge in [0.25, 0.3) is 0 Å². The second kappa shape index (κ2) is 11.5. The van der Waals surface area contributed by atoms with Crippen LogP contribution < -0.4 is 14.8 Å². The number of aromatic nitrogens is 2. The van der Waals surface area contributed by atoms with Crippen LogP contribution in [0, 0.1) is 0 Å². The molecular weight excluding hydrogens is 418 g/mol. The molecule has 3 aromatic rings. The fraction of sp³-hybridized carbons (Fsp3) is 0.304. The number of Topliss-reactive ketones (excluding diaryl/α,β-unsaturated/α-hetero) is 1. The molecule has 1 heterocycles. The van der Waals surface area contributed by atoms with Gasteiger partial charge in [0.15, 0.2) is 5.78 Å². The number of nitrogens with one attached hydrogen (secondary N) is 1. The van der Waals surface area contributed by atoms with Crippen molar-refractivity contribution in [2.45, 2.75) is 19.1 Å². The molecule has 0 saturated heterocycles. The van der Waals surface area contributed by atoms with Gasteiger partial charge in [-0.15, -0.1) is 12.4 Å². The number of aliphatic hydroxyl groups is 1. The third-order valence-electron chi connectivity index (χ3n) is 4.80. The Balaban J connectivity index is 0.00000341. The van der Waals surface area contributed by atoms with Gasteiger partial charge in [0.1, 0.15) is 30.0 Å². The van der Waals surface area contributed by atoms with Crippen molar-refractivity contribution in [2.24, 2.45) is 7.05 Å². The van der Waals surface area contributed by atoms with E-state index < -0.39 is 6.10 Å². The van der Waals surface area contributed by atoms with Crippen LogP contribution in [0.5, 0.6) is 11.5 Å². The van der Waals surface area contributed by atoms with Crippen LogP contribution in [0.2, 0.25) is 0 Å². The lowest BCUT2D eigenvalue weighted by atomic mass is 10.1. The van der Waals surface area contributed by atoms with Crippen molar-refractivity contribution in [3.05, 3.63) is 77.9 Å². The molecule has 2 N–H and O–H groups in total. The van der Waals surface area contributed by atoms with Gasteiger partial charge >= 0.3 is 0 Å². The van der Waals surface area contributed by atoms with Crippen molar-refractivity contribution in [1.82, 2.24) is 14.9 Å². The van der Waals surface area contributed by atoms with E-state index >= 15 is 0 Å². The number of carbonyl (C=O) groups is 1. The number of imidazole rings is 1. The highest BCUT2D eigenvalue weighted by atomic mass is 35.5. The number of ether oxygens (including phenoxy) is 2. The summed E-state index contributed by atoms with van der Waals surface area (Å²) in [5, 5.41) is 13.8. The molecule has 2 atom stereocenters. The molecule has 0 spiro atoms. The van der Waals surface area contributed by atoms with Crippen molar-refractivity contribution in [1.29, 1.82) is 0 Å². The highest BCUT2D eigenvalue weighted by Gasteiger charge is 2.20. The topological polar surface area (TPSA) is 85.6 Å². The van der Waals surface area contributed by atoms with Crippen LogP contribution in [-0.2, 0) is 7.05 Å². The van der Waals surface area contributed by atoms with Crippen LogP contribution >= 0.6 is 12.4 Å². The number of aliphatic hydroxyl groups excluding tert-OH is 1. The Labute approximate surface area is 188 Å². The summed E-state index contributed by atoms with van der Waals surface area (Å²) in [5.41, 5.74) is 1.61. The first-order chi connectivity index (χ1) is 14.5. The number of halogens is 1. The Morgan fingerprint density at radius 2 is 1.94 bits per heavy atom. The molecule has 3 rings (SSSR count). The standard InChI is InChI=1S/C23H27N3O4.ClH/c1-16(27)17-7-9-20(10-8-17)30-15-19(28)14-25-22(23-24-11-12-26(23)2)18-5-4-6-21(13-18)29-3;/h4-13,19,22,25,28H,14-15H2,1-3H3;1H. The summed E-state index contributed by atoms with van der Waals surface area (Å²) < 4.78 is 12.9. The summed E-state index contributed by atoms with van der Waals surface area (Å²) in [6.45, 7) is 1.95. The smallest absolute Gasteiger partial charge is 0.159 e. The van der Waals surface area contributed by atoms with Gasteiger partial charge in [-0.1, -0.05) is 12.1 Å². The van der Waals surface area contributed by atoms with E-state index in [0.29, 0.717) is 17.9 Å². The predicted molar refractivity (Wildman–Crippen MR) is 121 cm³/mol. The average molecular weight is 446 g/mol. The quantitative estimate of drug-likeness (QED) is 0.466. The maximum atomic E-state index is 11.3. The van der Waals surface area contributed by atoms with E-state index in [1.54, 1.807) is 37.6 Å². The van der Waals surface area contributed by atoms with E-state index in [4.69, 9.17) is 9.47 Å². The van der Waals surface area contributed by atoms with Crippen LogP contribution in [0.3, 0.4) is 0 Å². The summed E-state index contributed by atoms with van der Waals surface area (Å²) in [6, 6.07) is 14.4. The van der Waals surface area contributed by atoms with Crippen molar-refractivity contribution in [3.63, 3.8) is 0 Å². The SMILES string of the molecule is COc1cccc(C(NCC(O)COc2ccc(C(C)=O)cc2)c2nccn2C)c1.Cl. The highest BCUT2D eigenvalue weighted by Crippen LogP contribution is 2.24. The molecule has 0 fully saturated rings. The van der Waals surface area contributed by atoms with Gasteiger partial charge in [0.05, 0.1) is 13.2 Å². The maximum absolute atomic E-state index is 11.3. The lowest BCUT2D eigenvalue weighted by Crippen LogP contribution is -2.35. The molecule has 0 bridgehead atoms. The van der Waals surface area contributed by atoms with Crippen LogP contribution in [0.25, 0.3) is 0 Å². The molecule has 0 aliphatic rings. The lowest BCUT2D eigenvalue weighted by Gasteiger charge is -2.22. The number of hydrogen-bond acceptors (Lipinski definition) is 6. The van der Waals surface area contributed by atoms with E-state index in [0.717, 1.165) is 17.1 Å². The van der Waals surface area contributed by atoms with E-state index in [-0.39, 0.29) is 30.8 Å². The van der Waals surface area contributed by atoms with Crippen molar-refractivity contribution < 1.29 is 19.4 Å². The fourth-order valence-electron chi connectivity index (χ4n) is 3.13. The number of benzene rings is 2. The zero-order valence-corrected chi connectivity index (χ0v) is 18.6. The Morgan fingerprint density at radius 3 is 2.55 bits per heavy atom. The summed E-state index contributed by atoms with van der Waals surface area (Å²) in [6.07, 6.45) is 2.90. The molecule has 166 valence electrons. The van der Waals surface area contributed by atoms with Crippen LogP contribution in [-0.4, -0.2) is 46.8 Å².